The summed E-state index contributed by atoms with van der Waals surface area (Å²) in [7, 11) is 1.56. The number of methoxy groups -OCH3 is 1. The van der Waals surface area contributed by atoms with Crippen molar-refractivity contribution in [1.29, 1.82) is 10.8 Å². The molecule has 9 nitrogen and oxygen atoms in total. The number of benzene rings is 3. The van der Waals surface area contributed by atoms with E-state index in [4.69, 9.17) is 29.8 Å². The number of carbonyl (C=O) groups excluding carboxylic acids is 3. The predicted molar refractivity (Wildman–Crippen MR) is 186 cm³/mol. The summed E-state index contributed by atoms with van der Waals surface area (Å²) in [4.78, 5) is 37.2. The van der Waals surface area contributed by atoms with Gasteiger partial charge in [0.05, 0.1) is 26.2 Å². The van der Waals surface area contributed by atoms with Gasteiger partial charge >= 0.3 is 11.9 Å². The molecule has 0 spiro atoms. The highest BCUT2D eigenvalue weighted by molar-refractivity contribution is 5.89. The van der Waals surface area contributed by atoms with Gasteiger partial charge in [-0.1, -0.05) is 30.8 Å². The van der Waals surface area contributed by atoms with E-state index in [9.17, 15) is 14.4 Å². The highest BCUT2D eigenvalue weighted by Gasteiger charge is 2.31. The number of rotatable bonds is 18. The number of nitrogens with one attached hydrogen (secondary N) is 2. The Bertz CT molecular complexity index is 1590. The van der Waals surface area contributed by atoms with Gasteiger partial charge in [0, 0.05) is 42.0 Å². The Labute approximate surface area is 282 Å². The van der Waals surface area contributed by atoms with Crippen molar-refractivity contribution >= 4 is 30.2 Å². The van der Waals surface area contributed by atoms with Gasteiger partial charge in [0.15, 0.2) is 0 Å². The number of carbonyl (C=O) groups is 3. The summed E-state index contributed by atoms with van der Waals surface area (Å²) >= 11 is 0. The molecular weight excluding hydrogens is 608 g/mol. The highest BCUT2D eigenvalue weighted by atomic mass is 16.5. The molecule has 3 aromatic rings. The molecule has 0 aromatic heterocycles. The molecule has 0 aliphatic heterocycles. The number of esters is 2. The lowest BCUT2D eigenvalue weighted by Gasteiger charge is -2.26. The van der Waals surface area contributed by atoms with Crippen molar-refractivity contribution in [2.75, 3.05) is 20.3 Å². The molecule has 2 N–H and O–H groups in total. The minimum atomic E-state index is -0.390. The summed E-state index contributed by atoms with van der Waals surface area (Å²) in [5.74, 6) is 0.770. The monoisotopic (exact) mass is 652 g/mol. The van der Waals surface area contributed by atoms with Gasteiger partial charge in [-0.2, -0.15) is 0 Å². The van der Waals surface area contributed by atoms with Crippen LogP contribution in [0.5, 0.6) is 17.2 Å². The number of ketones is 1. The van der Waals surface area contributed by atoms with Crippen molar-refractivity contribution in [1.82, 2.24) is 0 Å². The minimum absolute atomic E-state index is 0.0861. The van der Waals surface area contributed by atoms with Crippen LogP contribution < -0.4 is 14.2 Å². The lowest BCUT2D eigenvalue weighted by atomic mass is 9.79. The molecule has 4 rings (SSSR count). The third-order valence-corrected chi connectivity index (χ3v) is 8.63. The van der Waals surface area contributed by atoms with E-state index >= 15 is 0 Å². The average Bonchev–Trinajstić information content (AvgIpc) is 3.13. The smallest absolute Gasteiger partial charge is 0.330 e. The molecule has 252 valence electrons. The first-order valence-corrected chi connectivity index (χ1v) is 16.4. The fourth-order valence-corrected chi connectivity index (χ4v) is 5.83. The van der Waals surface area contributed by atoms with E-state index in [2.05, 4.69) is 6.58 Å². The zero-order valence-corrected chi connectivity index (χ0v) is 27.5. The van der Waals surface area contributed by atoms with Gasteiger partial charge in [0.1, 0.15) is 23.0 Å². The third kappa shape index (κ3) is 10.2. The van der Waals surface area contributed by atoms with Crippen LogP contribution in [0.25, 0.3) is 11.1 Å². The van der Waals surface area contributed by atoms with Gasteiger partial charge in [-0.25, -0.2) is 4.79 Å². The maximum Gasteiger partial charge on any atom is 0.330 e. The van der Waals surface area contributed by atoms with E-state index in [1.807, 2.05) is 42.5 Å². The SMILES string of the molecule is C=CC(=O)OCCCCCCOc1ccc(CC(=O)C2CCC(C(=O)Oc3ccc(-c4ccc(OC)c(C=N)c4)cc3C=N)CC2)cc1. The molecule has 0 radical (unpaired) electrons. The summed E-state index contributed by atoms with van der Waals surface area (Å²) in [5, 5.41) is 15.5. The van der Waals surface area contributed by atoms with E-state index < -0.39 is 5.97 Å². The quantitative estimate of drug-likeness (QED) is 0.0476. The summed E-state index contributed by atoms with van der Waals surface area (Å²) in [6.45, 7) is 4.38. The molecule has 48 heavy (non-hydrogen) atoms. The molecule has 1 fully saturated rings. The molecule has 0 heterocycles. The Hall–Kier alpha value is -5.05. The van der Waals surface area contributed by atoms with Crippen molar-refractivity contribution in [3.8, 4) is 28.4 Å². The van der Waals surface area contributed by atoms with Crippen LogP contribution in [-0.2, 0) is 25.5 Å². The van der Waals surface area contributed by atoms with Crippen molar-refractivity contribution in [3.05, 3.63) is 90.0 Å². The second kappa shape index (κ2) is 18.3. The summed E-state index contributed by atoms with van der Waals surface area (Å²) in [5.41, 5.74) is 3.74. The zero-order chi connectivity index (χ0) is 34.3. The van der Waals surface area contributed by atoms with Crippen LogP contribution in [0.2, 0.25) is 0 Å². The lowest BCUT2D eigenvalue weighted by Crippen LogP contribution is -2.29. The van der Waals surface area contributed by atoms with E-state index in [1.165, 1.54) is 12.3 Å². The number of hydrogen-bond acceptors (Lipinski definition) is 9. The Kier molecular flexibility index (Phi) is 13.7. The van der Waals surface area contributed by atoms with Crippen LogP contribution in [0, 0.1) is 22.7 Å². The van der Waals surface area contributed by atoms with Gasteiger partial charge in [-0.15, -0.1) is 0 Å². The molecule has 1 saturated carbocycles. The molecule has 0 saturated heterocycles. The predicted octanol–water partition coefficient (Wildman–Crippen LogP) is 7.55. The van der Waals surface area contributed by atoms with Crippen LogP contribution >= 0.6 is 0 Å². The van der Waals surface area contributed by atoms with Crippen LogP contribution in [-0.4, -0.2) is 50.5 Å². The zero-order valence-electron chi connectivity index (χ0n) is 27.5. The fourth-order valence-electron chi connectivity index (χ4n) is 5.83. The number of ether oxygens (including phenoxy) is 4. The second-order valence-electron chi connectivity index (χ2n) is 11.9. The van der Waals surface area contributed by atoms with Gasteiger partial charge in [0.2, 0.25) is 0 Å². The maximum atomic E-state index is 13.1. The molecule has 3 aromatic carbocycles. The molecule has 0 atom stereocenters. The standard InChI is InChI=1S/C39H44N2O7/c1-3-38(43)47-21-7-5-4-6-20-46-34-16-8-27(9-17-34)22-35(42)28-10-12-29(13-11-28)39(44)48-37-19-15-31(24-33(37)26-41)30-14-18-36(45-2)32(23-30)25-40/h3,8-9,14-19,23-26,28-29,40-41H,1,4-7,10-13,20-22H2,2H3. The molecule has 1 aliphatic rings. The molecule has 1 aliphatic carbocycles. The first kappa shape index (κ1) is 35.8. The summed E-state index contributed by atoms with van der Waals surface area (Å²) in [6, 6.07) is 18.5. The van der Waals surface area contributed by atoms with Gasteiger partial charge in [0.25, 0.3) is 0 Å². The molecule has 0 amide bonds. The van der Waals surface area contributed by atoms with Crippen LogP contribution in [0.3, 0.4) is 0 Å². The molecule has 0 unspecified atom stereocenters. The van der Waals surface area contributed by atoms with Crippen LogP contribution in [0.15, 0.2) is 73.3 Å². The van der Waals surface area contributed by atoms with Crippen LogP contribution in [0.4, 0.5) is 0 Å². The van der Waals surface area contributed by atoms with E-state index in [1.54, 1.807) is 25.3 Å². The highest BCUT2D eigenvalue weighted by Crippen LogP contribution is 2.33. The van der Waals surface area contributed by atoms with Crippen LogP contribution in [0.1, 0.15) is 68.1 Å². The molecule has 9 heteroatoms. The fraction of sp³-hybridized carbons (Fsp3) is 0.359. The Morgan fingerprint density at radius 3 is 1.96 bits per heavy atom. The van der Waals surface area contributed by atoms with E-state index in [0.29, 0.717) is 67.9 Å². The first-order chi connectivity index (χ1) is 23.3. The summed E-state index contributed by atoms with van der Waals surface area (Å²) in [6.07, 6.45) is 10.0. The second-order valence-corrected chi connectivity index (χ2v) is 11.9. The largest absolute Gasteiger partial charge is 0.496 e. The average molecular weight is 653 g/mol. The third-order valence-electron chi connectivity index (χ3n) is 8.63. The normalized spacial score (nSPS) is 15.5. The van der Waals surface area contributed by atoms with Gasteiger partial charge < -0.3 is 29.8 Å². The van der Waals surface area contributed by atoms with Gasteiger partial charge in [-0.05, 0) is 104 Å². The molecular formula is C39H44N2O7. The number of unbranched alkanes of at least 4 members (excludes halogenated alkanes) is 3. The topological polar surface area (TPSA) is 136 Å². The van der Waals surface area contributed by atoms with E-state index in [0.717, 1.165) is 54.3 Å². The first-order valence-electron chi connectivity index (χ1n) is 16.4. The number of Topliss-reactive ketones (excluding diaryl/α,β-unsaturated/α-hetero) is 1. The molecule has 0 bridgehead atoms. The minimum Gasteiger partial charge on any atom is -0.496 e. The van der Waals surface area contributed by atoms with Crippen molar-refractivity contribution in [2.24, 2.45) is 11.8 Å². The Morgan fingerprint density at radius 1 is 0.771 bits per heavy atom. The Balaban J connectivity index is 1.19. The summed E-state index contributed by atoms with van der Waals surface area (Å²) < 4.78 is 21.8. The van der Waals surface area contributed by atoms with Gasteiger partial charge in [-0.3, -0.25) is 9.59 Å². The lowest BCUT2D eigenvalue weighted by molar-refractivity contribution is -0.141. The van der Waals surface area contributed by atoms with E-state index in [-0.39, 0.29) is 23.6 Å². The van der Waals surface area contributed by atoms with Crippen molar-refractivity contribution in [3.63, 3.8) is 0 Å². The van der Waals surface area contributed by atoms with Crippen molar-refractivity contribution in [2.45, 2.75) is 57.8 Å². The Morgan fingerprint density at radius 2 is 1.35 bits per heavy atom. The number of hydrogen-bond donors (Lipinski definition) is 2. The maximum absolute atomic E-state index is 13.1. The van der Waals surface area contributed by atoms with Crippen molar-refractivity contribution < 1.29 is 33.3 Å².